The number of nitrogens with zero attached hydrogens (tertiary/aromatic N) is 4. The number of carbonyl (C=O) groups is 1. The third-order valence-electron chi connectivity index (χ3n) is 3.33. The molecule has 6 nitrogen and oxygen atoms in total. The Bertz CT molecular complexity index is 405. The molecule has 1 aliphatic rings. The maximum atomic E-state index is 12.3. The van der Waals surface area contributed by atoms with E-state index in [2.05, 4.69) is 10.00 Å². The first-order valence-corrected chi connectivity index (χ1v) is 6.33. The van der Waals surface area contributed by atoms with Crippen molar-refractivity contribution in [2.75, 3.05) is 39.3 Å². The number of β-amino-alcohol motifs (C(OH)–C–C–N with tert-alkyl or cyclic N) is 1. The molecule has 0 aromatic carbocycles. The van der Waals surface area contributed by atoms with E-state index in [-0.39, 0.29) is 12.5 Å². The van der Waals surface area contributed by atoms with E-state index in [1.807, 2.05) is 4.90 Å². The predicted octanol–water partition coefficient (Wildman–Crippen LogP) is -0.440. The lowest BCUT2D eigenvalue weighted by molar-refractivity contribution is 0.0749. The summed E-state index contributed by atoms with van der Waals surface area (Å²) < 4.78 is 1.61. The van der Waals surface area contributed by atoms with Crippen LogP contribution in [0.3, 0.4) is 0 Å². The van der Waals surface area contributed by atoms with E-state index in [0.717, 1.165) is 26.1 Å². The molecular weight excluding hydrogens is 232 g/mol. The van der Waals surface area contributed by atoms with Crippen LogP contribution in [0.4, 0.5) is 0 Å². The van der Waals surface area contributed by atoms with Crippen molar-refractivity contribution in [3.05, 3.63) is 18.0 Å². The lowest BCUT2D eigenvalue weighted by atomic mass is 10.3. The quantitative estimate of drug-likeness (QED) is 0.792. The molecule has 1 saturated heterocycles. The van der Waals surface area contributed by atoms with E-state index in [1.165, 1.54) is 0 Å². The normalized spacial score (nSPS) is 17.8. The molecular formula is C12H20N4O2. The van der Waals surface area contributed by atoms with Crippen LogP contribution in [0.1, 0.15) is 16.9 Å². The van der Waals surface area contributed by atoms with Gasteiger partial charge in [-0.3, -0.25) is 14.4 Å². The fourth-order valence-electron chi connectivity index (χ4n) is 2.28. The maximum absolute atomic E-state index is 12.3. The first-order valence-electron chi connectivity index (χ1n) is 6.33. The molecule has 0 unspecified atom stereocenters. The number of carbonyl (C=O) groups excluding carboxylic acids is 1. The molecule has 1 amide bonds. The highest BCUT2D eigenvalue weighted by Gasteiger charge is 2.21. The van der Waals surface area contributed by atoms with Gasteiger partial charge in [0, 0.05) is 39.4 Å². The van der Waals surface area contributed by atoms with E-state index in [9.17, 15) is 4.79 Å². The van der Waals surface area contributed by atoms with Crippen molar-refractivity contribution >= 4 is 5.91 Å². The lowest BCUT2D eigenvalue weighted by Crippen LogP contribution is -2.36. The molecule has 0 spiro atoms. The van der Waals surface area contributed by atoms with Crippen molar-refractivity contribution in [2.45, 2.75) is 6.42 Å². The number of aromatic nitrogens is 2. The van der Waals surface area contributed by atoms with Crippen LogP contribution in [0.15, 0.2) is 12.3 Å². The highest BCUT2D eigenvalue weighted by Crippen LogP contribution is 2.08. The third-order valence-corrected chi connectivity index (χ3v) is 3.33. The average Bonchev–Trinajstić information content (AvgIpc) is 2.64. The second-order valence-corrected chi connectivity index (χ2v) is 4.55. The number of rotatable bonds is 3. The fraction of sp³-hybridized carbons (Fsp3) is 0.667. The summed E-state index contributed by atoms with van der Waals surface area (Å²) in [5.41, 5.74) is 0.630. The minimum Gasteiger partial charge on any atom is -0.395 e. The molecule has 0 aliphatic carbocycles. The van der Waals surface area contributed by atoms with Gasteiger partial charge in [-0.2, -0.15) is 5.10 Å². The zero-order chi connectivity index (χ0) is 13.0. The summed E-state index contributed by atoms with van der Waals surface area (Å²) in [4.78, 5) is 16.4. The molecule has 0 atom stereocenters. The van der Waals surface area contributed by atoms with Gasteiger partial charge in [0.25, 0.3) is 5.91 Å². The highest BCUT2D eigenvalue weighted by molar-refractivity contribution is 5.92. The molecule has 2 heterocycles. The molecule has 1 fully saturated rings. The number of amides is 1. The van der Waals surface area contributed by atoms with Crippen LogP contribution in [0.5, 0.6) is 0 Å². The Kier molecular flexibility index (Phi) is 4.33. The van der Waals surface area contributed by atoms with Gasteiger partial charge >= 0.3 is 0 Å². The third kappa shape index (κ3) is 2.88. The van der Waals surface area contributed by atoms with Crippen LogP contribution in [0, 0.1) is 0 Å². The smallest absolute Gasteiger partial charge is 0.272 e. The summed E-state index contributed by atoms with van der Waals surface area (Å²) in [5.74, 6) is 0.0425. The van der Waals surface area contributed by atoms with Gasteiger partial charge in [-0.05, 0) is 19.0 Å². The van der Waals surface area contributed by atoms with E-state index >= 15 is 0 Å². The highest BCUT2D eigenvalue weighted by atomic mass is 16.3. The lowest BCUT2D eigenvalue weighted by Gasteiger charge is -2.21. The number of hydrogen-bond donors (Lipinski definition) is 1. The van der Waals surface area contributed by atoms with Gasteiger partial charge in [0.05, 0.1) is 6.61 Å². The summed E-state index contributed by atoms with van der Waals surface area (Å²) in [6, 6.07) is 1.75. The van der Waals surface area contributed by atoms with Gasteiger partial charge in [-0.25, -0.2) is 0 Å². The molecule has 1 aromatic rings. The monoisotopic (exact) mass is 252 g/mol. The van der Waals surface area contributed by atoms with Crippen molar-refractivity contribution in [2.24, 2.45) is 7.05 Å². The minimum atomic E-state index is 0.0425. The molecule has 18 heavy (non-hydrogen) atoms. The largest absolute Gasteiger partial charge is 0.395 e. The summed E-state index contributed by atoms with van der Waals surface area (Å²) in [5, 5.41) is 13.0. The SMILES string of the molecule is Cn1nccc1C(=O)N1CCCN(CCO)CC1. The summed E-state index contributed by atoms with van der Waals surface area (Å²) in [6.07, 6.45) is 2.59. The molecule has 1 N–H and O–H groups in total. The Morgan fingerprint density at radius 3 is 2.89 bits per heavy atom. The van der Waals surface area contributed by atoms with E-state index < -0.39 is 0 Å². The van der Waals surface area contributed by atoms with Crippen LogP contribution in [-0.4, -0.2) is 69.9 Å². The molecule has 2 rings (SSSR count). The fourth-order valence-corrected chi connectivity index (χ4v) is 2.28. The molecule has 0 saturated carbocycles. The summed E-state index contributed by atoms with van der Waals surface area (Å²) in [7, 11) is 1.78. The van der Waals surface area contributed by atoms with Crippen LogP contribution in [0.2, 0.25) is 0 Å². The van der Waals surface area contributed by atoms with Gasteiger partial charge in [-0.1, -0.05) is 0 Å². The molecule has 1 aliphatic heterocycles. The second kappa shape index (κ2) is 5.97. The Balaban J connectivity index is 1.98. The van der Waals surface area contributed by atoms with Crippen molar-refractivity contribution in [1.29, 1.82) is 0 Å². The molecule has 6 heteroatoms. The van der Waals surface area contributed by atoms with E-state index in [0.29, 0.717) is 18.8 Å². The molecule has 0 bridgehead atoms. The maximum Gasteiger partial charge on any atom is 0.272 e. The predicted molar refractivity (Wildman–Crippen MR) is 67.3 cm³/mol. The van der Waals surface area contributed by atoms with Gasteiger partial charge in [0.15, 0.2) is 0 Å². The van der Waals surface area contributed by atoms with Crippen LogP contribution < -0.4 is 0 Å². The van der Waals surface area contributed by atoms with Gasteiger partial charge < -0.3 is 10.0 Å². The van der Waals surface area contributed by atoms with Crippen molar-refractivity contribution in [1.82, 2.24) is 19.6 Å². The van der Waals surface area contributed by atoms with E-state index in [1.54, 1.807) is 24.0 Å². The van der Waals surface area contributed by atoms with Crippen molar-refractivity contribution in [3.63, 3.8) is 0 Å². The Morgan fingerprint density at radius 1 is 1.39 bits per heavy atom. The number of aliphatic hydroxyl groups excluding tert-OH is 1. The topological polar surface area (TPSA) is 61.6 Å². The molecule has 100 valence electrons. The van der Waals surface area contributed by atoms with Crippen LogP contribution in [0.25, 0.3) is 0 Å². The van der Waals surface area contributed by atoms with Crippen molar-refractivity contribution in [3.8, 4) is 0 Å². The molecule has 1 aromatic heterocycles. The standard InChI is InChI=1S/C12H20N4O2/c1-14-11(3-4-13-14)12(18)16-6-2-5-15(7-8-16)9-10-17/h3-4,17H,2,5-10H2,1H3. The zero-order valence-corrected chi connectivity index (χ0v) is 10.7. The number of aliphatic hydroxyl groups is 1. The first kappa shape index (κ1) is 13.0. The van der Waals surface area contributed by atoms with Gasteiger partial charge in [0.1, 0.15) is 5.69 Å². The van der Waals surface area contributed by atoms with Gasteiger partial charge in [-0.15, -0.1) is 0 Å². The van der Waals surface area contributed by atoms with Crippen LogP contribution in [-0.2, 0) is 7.05 Å². The Morgan fingerprint density at radius 2 is 2.22 bits per heavy atom. The van der Waals surface area contributed by atoms with Crippen molar-refractivity contribution < 1.29 is 9.90 Å². The first-order chi connectivity index (χ1) is 8.72. The van der Waals surface area contributed by atoms with E-state index in [4.69, 9.17) is 5.11 Å². The summed E-state index contributed by atoms with van der Waals surface area (Å²) in [6.45, 7) is 4.11. The average molecular weight is 252 g/mol. The second-order valence-electron chi connectivity index (χ2n) is 4.55. The minimum absolute atomic E-state index is 0.0425. The molecule has 0 radical (unpaired) electrons. The number of hydrogen-bond acceptors (Lipinski definition) is 4. The zero-order valence-electron chi connectivity index (χ0n) is 10.7. The Hall–Kier alpha value is -1.40. The van der Waals surface area contributed by atoms with Gasteiger partial charge in [0.2, 0.25) is 0 Å². The number of aryl methyl sites for hydroxylation is 1. The van der Waals surface area contributed by atoms with Crippen LogP contribution >= 0.6 is 0 Å². The Labute approximate surface area is 107 Å². The summed E-state index contributed by atoms with van der Waals surface area (Å²) >= 11 is 0.